The van der Waals surface area contributed by atoms with Gasteiger partial charge in [-0.3, -0.25) is 19.0 Å². The van der Waals surface area contributed by atoms with Crippen LogP contribution in [0.25, 0.3) is 0 Å². The summed E-state index contributed by atoms with van der Waals surface area (Å²) in [6.07, 6.45) is 2.05. The van der Waals surface area contributed by atoms with Gasteiger partial charge in [0, 0.05) is 28.0 Å². The van der Waals surface area contributed by atoms with Crippen molar-refractivity contribution in [3.63, 3.8) is 0 Å². The molecule has 0 spiro atoms. The van der Waals surface area contributed by atoms with Crippen LogP contribution >= 0.6 is 27.3 Å². The predicted molar refractivity (Wildman–Crippen MR) is 128 cm³/mol. The topological polar surface area (TPSA) is 116 Å². The summed E-state index contributed by atoms with van der Waals surface area (Å²) >= 11 is 4.65. The molecule has 1 aromatic heterocycles. The van der Waals surface area contributed by atoms with Gasteiger partial charge in [-0.2, -0.15) is 4.99 Å². The van der Waals surface area contributed by atoms with Crippen LogP contribution in [-0.4, -0.2) is 28.4 Å². The minimum atomic E-state index is -0.712. The summed E-state index contributed by atoms with van der Waals surface area (Å²) in [7, 11) is 0. The molecular formula is C22H29BrN4O4S. The number of halogens is 1. The minimum absolute atomic E-state index is 0.0413. The second-order valence-electron chi connectivity index (χ2n) is 8.91. The number of benzene rings is 1. The first-order valence-corrected chi connectivity index (χ1v) is 11.8. The van der Waals surface area contributed by atoms with Gasteiger partial charge in [0.05, 0.1) is 5.69 Å². The molecular weight excluding hydrogens is 496 g/mol. The van der Waals surface area contributed by atoms with Crippen molar-refractivity contribution in [3.8, 4) is 0 Å². The van der Waals surface area contributed by atoms with Crippen molar-refractivity contribution in [3.05, 3.63) is 44.6 Å². The number of nitrogens with zero attached hydrogens (tertiary/aromatic N) is 2. The molecule has 0 aliphatic carbocycles. The molecule has 3 N–H and O–H groups in total. The molecule has 1 heterocycles. The zero-order valence-corrected chi connectivity index (χ0v) is 21.2. The van der Waals surface area contributed by atoms with E-state index in [9.17, 15) is 14.4 Å². The van der Waals surface area contributed by atoms with E-state index in [1.165, 1.54) is 11.3 Å². The van der Waals surface area contributed by atoms with Crippen LogP contribution in [0, 0.1) is 11.3 Å². The number of nitrogens with two attached hydrogens (primary N) is 1. The summed E-state index contributed by atoms with van der Waals surface area (Å²) in [6.45, 7) is 9.55. The van der Waals surface area contributed by atoms with Crippen LogP contribution in [0.5, 0.6) is 0 Å². The van der Waals surface area contributed by atoms with Gasteiger partial charge in [-0.05, 0) is 45.5 Å². The second kappa shape index (κ2) is 11.0. The number of esters is 1. The number of hydrogen-bond donors (Lipinski definition) is 2. The normalized spacial score (nSPS) is 13.2. The van der Waals surface area contributed by atoms with Crippen molar-refractivity contribution in [2.24, 2.45) is 22.1 Å². The molecule has 1 atom stereocenters. The fourth-order valence-electron chi connectivity index (χ4n) is 2.56. The highest BCUT2D eigenvalue weighted by Crippen LogP contribution is 2.26. The van der Waals surface area contributed by atoms with Crippen LogP contribution in [0.15, 0.2) is 39.2 Å². The molecule has 0 saturated carbocycles. The van der Waals surface area contributed by atoms with Crippen molar-refractivity contribution in [2.45, 2.75) is 53.8 Å². The lowest BCUT2D eigenvalue weighted by molar-refractivity contribution is -0.150. The molecule has 0 aliphatic heterocycles. The zero-order valence-electron chi connectivity index (χ0n) is 18.8. The molecule has 0 radical (unpaired) electrons. The Morgan fingerprint density at radius 1 is 1.28 bits per heavy atom. The summed E-state index contributed by atoms with van der Waals surface area (Å²) in [5.41, 5.74) is 6.59. The lowest BCUT2D eigenvalue weighted by Crippen LogP contribution is -2.37. The van der Waals surface area contributed by atoms with Crippen LogP contribution in [0.3, 0.4) is 0 Å². The highest BCUT2D eigenvalue weighted by atomic mass is 79.9. The lowest BCUT2D eigenvalue weighted by Gasteiger charge is -2.17. The van der Waals surface area contributed by atoms with Crippen LogP contribution in [0.1, 0.15) is 51.4 Å². The van der Waals surface area contributed by atoms with Crippen molar-refractivity contribution in [1.29, 1.82) is 0 Å². The SMILES string of the molecule is CC(C)[C@H](N)C(=O)OCn1ccsc1=NC(=O)c1ccc(NC(=O)CC(C)(C)C)c(Br)c1. The van der Waals surface area contributed by atoms with Crippen LogP contribution in [0.2, 0.25) is 0 Å². The fraction of sp³-hybridized carbons (Fsp3) is 0.455. The van der Waals surface area contributed by atoms with E-state index in [0.717, 1.165) is 0 Å². The number of hydrogen-bond acceptors (Lipinski definition) is 6. The molecule has 2 rings (SSSR count). The quantitative estimate of drug-likeness (QED) is 0.532. The van der Waals surface area contributed by atoms with E-state index in [1.807, 2.05) is 34.6 Å². The number of amides is 2. The number of carbonyl (C=O) groups excluding carboxylic acids is 3. The molecule has 0 aliphatic rings. The average Bonchev–Trinajstić information content (AvgIpc) is 3.12. The number of anilines is 1. The van der Waals surface area contributed by atoms with Gasteiger partial charge >= 0.3 is 5.97 Å². The summed E-state index contributed by atoms with van der Waals surface area (Å²) in [6, 6.07) is 4.16. The largest absolute Gasteiger partial charge is 0.443 e. The Morgan fingerprint density at radius 3 is 2.56 bits per heavy atom. The molecule has 32 heavy (non-hydrogen) atoms. The Bertz CT molecular complexity index is 1050. The molecule has 0 bridgehead atoms. The van der Waals surface area contributed by atoms with Crippen LogP contribution < -0.4 is 15.9 Å². The summed E-state index contributed by atoms with van der Waals surface area (Å²) in [4.78, 5) is 41.3. The molecule has 1 aromatic carbocycles. The Kier molecular flexibility index (Phi) is 8.94. The maximum Gasteiger partial charge on any atom is 0.324 e. The molecule has 8 nitrogen and oxygen atoms in total. The van der Waals surface area contributed by atoms with Crippen molar-refractivity contribution in [2.75, 3.05) is 5.32 Å². The van der Waals surface area contributed by atoms with Crippen molar-refractivity contribution >= 4 is 50.7 Å². The Balaban J connectivity index is 2.11. The third-order valence-corrected chi connectivity index (χ3v) is 5.82. The van der Waals surface area contributed by atoms with Gasteiger partial charge in [-0.15, -0.1) is 11.3 Å². The number of nitrogens with one attached hydrogen (secondary N) is 1. The summed E-state index contributed by atoms with van der Waals surface area (Å²) < 4.78 is 7.37. The van der Waals surface area contributed by atoms with E-state index in [1.54, 1.807) is 34.3 Å². The third kappa shape index (κ3) is 7.68. The molecule has 174 valence electrons. The van der Waals surface area contributed by atoms with Gasteiger partial charge in [-0.25, -0.2) is 0 Å². The monoisotopic (exact) mass is 524 g/mol. The second-order valence-corrected chi connectivity index (χ2v) is 10.6. The average molecular weight is 525 g/mol. The number of carbonyl (C=O) groups is 3. The third-order valence-electron chi connectivity index (χ3n) is 4.37. The van der Waals surface area contributed by atoms with Gasteiger partial charge in [0.15, 0.2) is 11.5 Å². The van der Waals surface area contributed by atoms with E-state index >= 15 is 0 Å². The highest BCUT2D eigenvalue weighted by molar-refractivity contribution is 9.10. The van der Waals surface area contributed by atoms with Gasteiger partial charge in [0.25, 0.3) is 5.91 Å². The van der Waals surface area contributed by atoms with E-state index in [-0.39, 0.29) is 24.0 Å². The maximum absolute atomic E-state index is 12.7. The minimum Gasteiger partial charge on any atom is -0.443 e. The predicted octanol–water partition coefficient (Wildman–Crippen LogP) is 3.91. The maximum atomic E-state index is 12.7. The van der Waals surface area contributed by atoms with E-state index in [0.29, 0.717) is 26.9 Å². The van der Waals surface area contributed by atoms with E-state index in [2.05, 4.69) is 26.2 Å². The first-order valence-electron chi connectivity index (χ1n) is 10.1. The van der Waals surface area contributed by atoms with Gasteiger partial charge < -0.3 is 15.8 Å². The Morgan fingerprint density at radius 2 is 1.97 bits per heavy atom. The lowest BCUT2D eigenvalue weighted by atomic mass is 9.92. The Labute approximate surface area is 200 Å². The summed E-state index contributed by atoms with van der Waals surface area (Å²) in [5.74, 6) is -1.11. The number of thiazole rings is 1. The van der Waals surface area contributed by atoms with Gasteiger partial charge in [0.2, 0.25) is 5.91 Å². The Hall–Kier alpha value is -2.30. The number of rotatable bonds is 7. The molecule has 0 saturated heterocycles. The van der Waals surface area contributed by atoms with Crippen molar-refractivity contribution < 1.29 is 19.1 Å². The van der Waals surface area contributed by atoms with Crippen LogP contribution in [-0.2, 0) is 21.1 Å². The zero-order chi connectivity index (χ0) is 24.1. The summed E-state index contributed by atoms with van der Waals surface area (Å²) in [5, 5.41) is 4.59. The molecule has 2 aromatic rings. The number of ether oxygens (including phenoxy) is 1. The van der Waals surface area contributed by atoms with E-state index < -0.39 is 17.9 Å². The molecule has 0 unspecified atom stereocenters. The molecule has 0 fully saturated rings. The van der Waals surface area contributed by atoms with E-state index in [4.69, 9.17) is 10.5 Å². The molecule has 2 amide bonds. The highest BCUT2D eigenvalue weighted by Gasteiger charge is 2.19. The fourth-order valence-corrected chi connectivity index (χ4v) is 3.76. The smallest absolute Gasteiger partial charge is 0.324 e. The van der Waals surface area contributed by atoms with Crippen LogP contribution in [0.4, 0.5) is 5.69 Å². The van der Waals surface area contributed by atoms with Gasteiger partial charge in [0.1, 0.15) is 6.04 Å². The standard InChI is InChI=1S/C22H29BrN4O4S/c1-13(2)18(24)20(30)31-12-27-8-9-32-21(27)26-19(29)14-6-7-16(15(23)10-14)25-17(28)11-22(3,4)5/h6-10,13,18H,11-12,24H2,1-5H3,(H,25,28)/t18-/m0/s1. The number of aromatic nitrogens is 1. The van der Waals surface area contributed by atoms with Crippen molar-refractivity contribution in [1.82, 2.24) is 4.57 Å². The van der Waals surface area contributed by atoms with Gasteiger partial charge in [-0.1, -0.05) is 34.6 Å². The molecule has 10 heteroatoms. The first-order chi connectivity index (χ1) is 14.9. The first kappa shape index (κ1) is 26.0.